The van der Waals surface area contributed by atoms with Crippen LogP contribution in [0.15, 0.2) is 24.3 Å². The van der Waals surface area contributed by atoms with Crippen molar-refractivity contribution in [2.24, 2.45) is 17.6 Å². The summed E-state index contributed by atoms with van der Waals surface area (Å²) in [5.41, 5.74) is 7.40. The van der Waals surface area contributed by atoms with Gasteiger partial charge in [-0.3, -0.25) is 0 Å². The second-order valence-electron chi connectivity index (χ2n) is 4.40. The molecule has 1 aromatic carbocycles. The van der Waals surface area contributed by atoms with Crippen LogP contribution in [0.25, 0.3) is 0 Å². The van der Waals surface area contributed by atoms with Crippen molar-refractivity contribution in [2.75, 3.05) is 6.61 Å². The van der Waals surface area contributed by atoms with Gasteiger partial charge in [-0.15, -0.1) is 0 Å². The normalized spacial score (nSPS) is 26.1. The number of hydrogen-bond donors (Lipinski definition) is 1. The molecule has 1 aromatic rings. The summed E-state index contributed by atoms with van der Waals surface area (Å²) >= 11 is 0. The molecule has 3 atom stereocenters. The Kier molecular flexibility index (Phi) is 2.96. The van der Waals surface area contributed by atoms with Gasteiger partial charge in [-0.05, 0) is 42.9 Å². The van der Waals surface area contributed by atoms with E-state index in [1.54, 1.807) is 0 Å². The van der Waals surface area contributed by atoms with E-state index in [-0.39, 0.29) is 6.04 Å². The van der Waals surface area contributed by atoms with Crippen LogP contribution in [0.5, 0.6) is 5.75 Å². The van der Waals surface area contributed by atoms with Gasteiger partial charge in [0.2, 0.25) is 0 Å². The molecule has 0 saturated heterocycles. The van der Waals surface area contributed by atoms with Gasteiger partial charge < -0.3 is 10.5 Å². The van der Waals surface area contributed by atoms with E-state index in [2.05, 4.69) is 19.1 Å². The van der Waals surface area contributed by atoms with E-state index >= 15 is 0 Å². The SMILES string of the molecule is CCOc1ccc(C(N)C2CC2C)cc1. The molecule has 1 saturated carbocycles. The van der Waals surface area contributed by atoms with E-state index in [0.29, 0.717) is 12.5 Å². The van der Waals surface area contributed by atoms with E-state index in [9.17, 15) is 0 Å². The van der Waals surface area contributed by atoms with E-state index in [1.807, 2.05) is 19.1 Å². The molecule has 0 heterocycles. The third kappa shape index (κ3) is 2.32. The van der Waals surface area contributed by atoms with Gasteiger partial charge in [-0.2, -0.15) is 0 Å². The molecule has 2 rings (SSSR count). The summed E-state index contributed by atoms with van der Waals surface area (Å²) < 4.78 is 5.40. The average Bonchev–Trinajstić information content (AvgIpc) is 2.96. The van der Waals surface area contributed by atoms with Crippen LogP contribution in [-0.2, 0) is 0 Å². The van der Waals surface area contributed by atoms with Crippen molar-refractivity contribution < 1.29 is 4.74 Å². The Morgan fingerprint density at radius 2 is 2.00 bits per heavy atom. The highest BCUT2D eigenvalue weighted by atomic mass is 16.5. The molecule has 0 radical (unpaired) electrons. The highest BCUT2D eigenvalue weighted by Gasteiger charge is 2.38. The molecule has 1 aliphatic rings. The largest absolute Gasteiger partial charge is 0.494 e. The Balaban J connectivity index is 2.03. The molecular formula is C13H19NO. The van der Waals surface area contributed by atoms with Gasteiger partial charge >= 0.3 is 0 Å². The lowest BCUT2D eigenvalue weighted by atomic mass is 10.0. The maximum atomic E-state index is 6.17. The molecule has 1 aliphatic carbocycles. The van der Waals surface area contributed by atoms with Crippen molar-refractivity contribution in [1.29, 1.82) is 0 Å². The Hall–Kier alpha value is -1.02. The maximum absolute atomic E-state index is 6.17. The standard InChI is InChI=1S/C13H19NO/c1-3-15-11-6-4-10(5-7-11)13(14)12-8-9(12)2/h4-7,9,12-13H,3,8,14H2,1-2H3. The summed E-state index contributed by atoms with van der Waals surface area (Å²) in [5.74, 6) is 2.41. The second-order valence-corrected chi connectivity index (χ2v) is 4.40. The zero-order chi connectivity index (χ0) is 10.8. The number of nitrogens with two attached hydrogens (primary N) is 1. The molecule has 0 aliphatic heterocycles. The molecule has 3 unspecified atom stereocenters. The quantitative estimate of drug-likeness (QED) is 0.820. The third-order valence-electron chi connectivity index (χ3n) is 3.21. The van der Waals surface area contributed by atoms with Crippen LogP contribution < -0.4 is 10.5 Å². The van der Waals surface area contributed by atoms with Crippen LogP contribution in [0.4, 0.5) is 0 Å². The molecule has 0 bridgehead atoms. The monoisotopic (exact) mass is 205 g/mol. The lowest BCUT2D eigenvalue weighted by Crippen LogP contribution is -2.13. The van der Waals surface area contributed by atoms with E-state index in [1.165, 1.54) is 12.0 Å². The molecular weight excluding hydrogens is 186 g/mol. The zero-order valence-electron chi connectivity index (χ0n) is 9.44. The van der Waals surface area contributed by atoms with E-state index in [0.717, 1.165) is 11.7 Å². The highest BCUT2D eigenvalue weighted by Crippen LogP contribution is 2.45. The Morgan fingerprint density at radius 3 is 2.47 bits per heavy atom. The lowest BCUT2D eigenvalue weighted by Gasteiger charge is -2.12. The molecule has 2 heteroatoms. The van der Waals surface area contributed by atoms with Crippen molar-refractivity contribution in [1.82, 2.24) is 0 Å². The van der Waals surface area contributed by atoms with E-state index in [4.69, 9.17) is 10.5 Å². The van der Waals surface area contributed by atoms with Gasteiger partial charge in [0.25, 0.3) is 0 Å². The van der Waals surface area contributed by atoms with Gasteiger partial charge in [0, 0.05) is 6.04 Å². The molecule has 0 spiro atoms. The maximum Gasteiger partial charge on any atom is 0.119 e. The minimum absolute atomic E-state index is 0.204. The fourth-order valence-electron chi connectivity index (χ4n) is 2.05. The molecule has 1 fully saturated rings. The van der Waals surface area contributed by atoms with Gasteiger partial charge in [-0.1, -0.05) is 19.1 Å². The van der Waals surface area contributed by atoms with Crippen molar-refractivity contribution in [3.05, 3.63) is 29.8 Å². The first-order valence-corrected chi connectivity index (χ1v) is 5.70. The number of benzene rings is 1. The Bertz CT molecular complexity index is 320. The summed E-state index contributed by atoms with van der Waals surface area (Å²) in [5, 5.41) is 0. The van der Waals surface area contributed by atoms with Gasteiger partial charge in [0.1, 0.15) is 5.75 Å². The first-order chi connectivity index (χ1) is 7.22. The molecule has 82 valence electrons. The fraction of sp³-hybridized carbons (Fsp3) is 0.538. The van der Waals surface area contributed by atoms with E-state index < -0.39 is 0 Å². The van der Waals surface area contributed by atoms with Gasteiger partial charge in [0.05, 0.1) is 6.61 Å². The number of ether oxygens (including phenoxy) is 1. The second kappa shape index (κ2) is 4.23. The first kappa shape index (κ1) is 10.5. The number of rotatable bonds is 4. The molecule has 2 N–H and O–H groups in total. The third-order valence-corrected chi connectivity index (χ3v) is 3.21. The first-order valence-electron chi connectivity index (χ1n) is 5.70. The predicted molar refractivity (Wildman–Crippen MR) is 61.8 cm³/mol. The Labute approximate surface area is 91.4 Å². The average molecular weight is 205 g/mol. The predicted octanol–water partition coefficient (Wildman–Crippen LogP) is 2.74. The van der Waals surface area contributed by atoms with Crippen molar-refractivity contribution >= 4 is 0 Å². The Morgan fingerprint density at radius 1 is 1.40 bits per heavy atom. The molecule has 2 nitrogen and oxygen atoms in total. The van der Waals surface area contributed by atoms with Gasteiger partial charge in [-0.25, -0.2) is 0 Å². The minimum Gasteiger partial charge on any atom is -0.494 e. The molecule has 0 aromatic heterocycles. The van der Waals surface area contributed by atoms with Crippen molar-refractivity contribution in [3.8, 4) is 5.75 Å². The van der Waals surface area contributed by atoms with Crippen LogP contribution in [0.3, 0.4) is 0 Å². The smallest absolute Gasteiger partial charge is 0.119 e. The highest BCUT2D eigenvalue weighted by molar-refractivity contribution is 5.30. The summed E-state index contributed by atoms with van der Waals surface area (Å²) in [7, 11) is 0. The van der Waals surface area contributed by atoms with Crippen molar-refractivity contribution in [2.45, 2.75) is 26.3 Å². The lowest BCUT2D eigenvalue weighted by molar-refractivity contribution is 0.340. The van der Waals surface area contributed by atoms with Gasteiger partial charge in [0.15, 0.2) is 0 Å². The topological polar surface area (TPSA) is 35.2 Å². The van der Waals surface area contributed by atoms with Crippen LogP contribution in [0.2, 0.25) is 0 Å². The zero-order valence-corrected chi connectivity index (χ0v) is 9.44. The fourth-order valence-corrected chi connectivity index (χ4v) is 2.05. The minimum atomic E-state index is 0.204. The van der Waals surface area contributed by atoms with Crippen molar-refractivity contribution in [3.63, 3.8) is 0 Å². The van der Waals surface area contributed by atoms with Crippen LogP contribution in [-0.4, -0.2) is 6.61 Å². The van der Waals surface area contributed by atoms with Crippen LogP contribution >= 0.6 is 0 Å². The summed E-state index contributed by atoms with van der Waals surface area (Å²) in [6.45, 7) is 4.97. The van der Waals surface area contributed by atoms with Crippen LogP contribution in [0.1, 0.15) is 31.9 Å². The number of hydrogen-bond acceptors (Lipinski definition) is 2. The summed E-state index contributed by atoms with van der Waals surface area (Å²) in [6, 6.07) is 8.38. The molecule has 15 heavy (non-hydrogen) atoms. The summed E-state index contributed by atoms with van der Waals surface area (Å²) in [6.07, 6.45) is 1.27. The summed E-state index contributed by atoms with van der Waals surface area (Å²) in [4.78, 5) is 0. The molecule has 0 amide bonds. The van der Waals surface area contributed by atoms with Crippen LogP contribution in [0, 0.1) is 11.8 Å².